The molecule has 4 fully saturated rings. The predicted octanol–water partition coefficient (Wildman–Crippen LogP) is 7.20. The van der Waals surface area contributed by atoms with Gasteiger partial charge in [-0.1, -0.05) is 73.6 Å². The normalized spacial score (nSPS) is 39.8. The molecular formula is C49H73NO12. The summed E-state index contributed by atoms with van der Waals surface area (Å²) in [6.45, 7) is 19.4. The fourth-order valence-electron chi connectivity index (χ4n) is 11.2. The number of carbonyl (C=O) groups excluding carboxylic acids is 4. The molecule has 6 rings (SSSR count). The van der Waals surface area contributed by atoms with Gasteiger partial charge in [-0.3, -0.25) is 14.4 Å². The third-order valence-corrected chi connectivity index (χ3v) is 15.6. The van der Waals surface area contributed by atoms with Crippen molar-refractivity contribution in [3.8, 4) is 0 Å². The van der Waals surface area contributed by atoms with E-state index in [0.29, 0.717) is 63.4 Å². The monoisotopic (exact) mass is 868 g/mol. The van der Waals surface area contributed by atoms with Gasteiger partial charge >= 0.3 is 5.97 Å². The van der Waals surface area contributed by atoms with Crippen molar-refractivity contribution in [1.29, 1.82) is 0 Å². The summed E-state index contributed by atoms with van der Waals surface area (Å²) in [5.41, 5.74) is 0.894. The SMILES string of the molecule is CCC(C(=O)[C@@H](C)[C@@H](O)[C@H](C)[C@@H]1O[C@@H]([C@@H](CC)C(=O)ONC(=O)c2ccccc2)CC[C@@H]1C)[C@H]1O[C@]2(C=CC(=O)[C@]3(CC[C@@](C)([C@H]4CC[C@](O)(CC)[C@H](C)O4)O3)O2)[C@H](C)C[C@@H]1C. The minimum atomic E-state index is -1.59. The van der Waals surface area contributed by atoms with E-state index in [2.05, 4.69) is 19.3 Å². The van der Waals surface area contributed by atoms with Crippen LogP contribution in [0.2, 0.25) is 0 Å². The highest BCUT2D eigenvalue weighted by Crippen LogP contribution is 2.53. The zero-order chi connectivity index (χ0) is 45.4. The third kappa shape index (κ3) is 9.37. The lowest BCUT2D eigenvalue weighted by Crippen LogP contribution is -2.62. The van der Waals surface area contributed by atoms with Crippen molar-refractivity contribution in [2.75, 3.05) is 0 Å². The summed E-state index contributed by atoms with van der Waals surface area (Å²) in [7, 11) is 0. The third-order valence-electron chi connectivity index (χ3n) is 15.6. The van der Waals surface area contributed by atoms with E-state index in [0.717, 1.165) is 6.42 Å². The second-order valence-corrected chi connectivity index (χ2v) is 19.6. The number of aliphatic hydroxyl groups is 2. The van der Waals surface area contributed by atoms with Crippen molar-refractivity contribution < 1.29 is 57.9 Å². The van der Waals surface area contributed by atoms with Gasteiger partial charge in [-0.2, -0.15) is 5.48 Å². The van der Waals surface area contributed by atoms with E-state index in [1.165, 1.54) is 6.08 Å². The Morgan fingerprint density at radius 2 is 1.58 bits per heavy atom. The average molecular weight is 868 g/mol. The van der Waals surface area contributed by atoms with Gasteiger partial charge in [-0.15, -0.1) is 0 Å². The largest absolute Gasteiger partial charge is 0.392 e. The van der Waals surface area contributed by atoms with E-state index < -0.39 is 88.8 Å². The Morgan fingerprint density at radius 1 is 0.887 bits per heavy atom. The van der Waals surface area contributed by atoms with Crippen LogP contribution in [0.25, 0.3) is 0 Å². The fraction of sp³-hybridized carbons (Fsp3) is 0.755. The highest BCUT2D eigenvalue weighted by atomic mass is 16.8. The summed E-state index contributed by atoms with van der Waals surface area (Å²) in [4.78, 5) is 59.5. The molecule has 4 saturated heterocycles. The topological polar surface area (TPSA) is 176 Å². The van der Waals surface area contributed by atoms with Crippen LogP contribution in [0, 0.1) is 41.4 Å². The molecule has 0 bridgehead atoms. The first-order valence-electron chi connectivity index (χ1n) is 23.4. The smallest absolute Gasteiger partial charge is 0.337 e. The van der Waals surface area contributed by atoms with Crippen molar-refractivity contribution >= 4 is 23.4 Å². The molecule has 17 atom stereocenters. The molecule has 2 spiro atoms. The molecule has 346 valence electrons. The summed E-state index contributed by atoms with van der Waals surface area (Å²) < 4.78 is 33.6. The molecule has 5 aliphatic heterocycles. The Hall–Kier alpha value is -3.04. The first kappa shape index (κ1) is 48.4. The summed E-state index contributed by atoms with van der Waals surface area (Å²) in [6.07, 6.45) is 5.37. The van der Waals surface area contributed by atoms with Gasteiger partial charge in [0.2, 0.25) is 11.6 Å². The van der Waals surface area contributed by atoms with Crippen molar-refractivity contribution in [2.24, 2.45) is 41.4 Å². The minimum absolute atomic E-state index is 0.0354. The Labute approximate surface area is 368 Å². The zero-order valence-corrected chi connectivity index (χ0v) is 38.6. The summed E-state index contributed by atoms with van der Waals surface area (Å²) in [5, 5.41) is 23.0. The number of Topliss-reactive ketones (excluding diaryl/α,β-unsaturated/α-hetero) is 1. The molecule has 0 saturated carbocycles. The Kier molecular flexibility index (Phi) is 15.0. The number of carbonyl (C=O) groups is 4. The standard InChI is InChI=1S/C49H73NO12/c1-11-35(45(55)60-50-44(54)34-17-15-14-16-18-34)37-20-19-28(4)42(58-37)32(8)40(52)31(7)41(53)36(12-2)43-29(5)27-30(6)48(59-43)24-21-38(51)49(62-48)26-25-46(10,61-49)39-22-23-47(56,13-3)33(9)57-39/h14-18,21,24,28-33,35-37,39-40,42-43,52,56H,11-13,19-20,22-23,25-27H2,1-10H3,(H,50,54)/t28-,29-,30+,31-,32-,33-,35+,36?,37+,39+,40+,42+,43-,46-,47+,48-,49-/m0/s1. The second-order valence-electron chi connectivity index (χ2n) is 19.6. The quantitative estimate of drug-likeness (QED) is 0.170. The maximum Gasteiger partial charge on any atom is 0.337 e. The van der Waals surface area contributed by atoms with Gasteiger partial charge in [0.05, 0.1) is 53.7 Å². The van der Waals surface area contributed by atoms with Gasteiger partial charge in [0.25, 0.3) is 5.91 Å². The van der Waals surface area contributed by atoms with E-state index in [4.69, 9.17) is 28.5 Å². The Bertz CT molecular complexity index is 1790. The van der Waals surface area contributed by atoms with Crippen LogP contribution >= 0.6 is 0 Å². The molecular weight excluding hydrogens is 795 g/mol. The van der Waals surface area contributed by atoms with Crippen LogP contribution in [0.1, 0.15) is 144 Å². The average Bonchev–Trinajstić information content (AvgIpc) is 3.61. The van der Waals surface area contributed by atoms with Crippen LogP contribution in [-0.2, 0) is 42.9 Å². The van der Waals surface area contributed by atoms with Gasteiger partial charge in [0.15, 0.2) is 5.79 Å². The van der Waals surface area contributed by atoms with Crippen LogP contribution in [-0.4, -0.2) is 93.1 Å². The van der Waals surface area contributed by atoms with E-state index in [9.17, 15) is 29.4 Å². The van der Waals surface area contributed by atoms with Crippen molar-refractivity contribution in [3.63, 3.8) is 0 Å². The summed E-state index contributed by atoms with van der Waals surface area (Å²) in [5.74, 6) is -7.05. The molecule has 1 aromatic rings. The number of hydrogen-bond donors (Lipinski definition) is 3. The number of benzene rings is 1. The zero-order valence-electron chi connectivity index (χ0n) is 38.6. The van der Waals surface area contributed by atoms with Crippen LogP contribution in [0.4, 0.5) is 0 Å². The lowest BCUT2D eigenvalue weighted by Gasteiger charge is -2.53. The highest BCUT2D eigenvalue weighted by molar-refractivity contribution is 5.97. The van der Waals surface area contributed by atoms with E-state index >= 15 is 0 Å². The molecule has 5 aliphatic rings. The Balaban J connectivity index is 1.12. The molecule has 13 nitrogen and oxygen atoms in total. The van der Waals surface area contributed by atoms with Gasteiger partial charge in [0.1, 0.15) is 5.78 Å². The molecule has 3 N–H and O–H groups in total. The number of aliphatic hydroxyl groups excluding tert-OH is 1. The van der Waals surface area contributed by atoms with Crippen LogP contribution in [0.3, 0.4) is 0 Å². The van der Waals surface area contributed by atoms with Crippen molar-refractivity contribution in [2.45, 2.75) is 193 Å². The summed E-state index contributed by atoms with van der Waals surface area (Å²) >= 11 is 0. The van der Waals surface area contributed by atoms with Crippen LogP contribution < -0.4 is 5.48 Å². The molecule has 1 amide bonds. The van der Waals surface area contributed by atoms with E-state index in [1.807, 2.05) is 48.5 Å². The maximum atomic E-state index is 14.6. The van der Waals surface area contributed by atoms with Gasteiger partial charge in [-0.25, -0.2) is 4.79 Å². The summed E-state index contributed by atoms with van der Waals surface area (Å²) in [6, 6.07) is 8.49. The predicted molar refractivity (Wildman–Crippen MR) is 230 cm³/mol. The number of ketones is 2. The molecule has 0 aromatic heterocycles. The van der Waals surface area contributed by atoms with E-state index in [1.54, 1.807) is 43.3 Å². The minimum Gasteiger partial charge on any atom is -0.392 e. The van der Waals surface area contributed by atoms with Crippen LogP contribution in [0.15, 0.2) is 42.5 Å². The van der Waals surface area contributed by atoms with Gasteiger partial charge in [-0.05, 0) is 108 Å². The van der Waals surface area contributed by atoms with Crippen molar-refractivity contribution in [1.82, 2.24) is 5.48 Å². The van der Waals surface area contributed by atoms with Crippen LogP contribution in [0.5, 0.6) is 0 Å². The molecule has 0 radical (unpaired) electrons. The lowest BCUT2D eigenvalue weighted by atomic mass is 9.72. The molecule has 0 aliphatic carbocycles. The highest BCUT2D eigenvalue weighted by Gasteiger charge is 2.63. The lowest BCUT2D eigenvalue weighted by molar-refractivity contribution is -0.378. The first-order chi connectivity index (χ1) is 29.3. The molecule has 13 heteroatoms. The van der Waals surface area contributed by atoms with Gasteiger partial charge < -0.3 is 38.7 Å². The number of rotatable bonds is 13. The van der Waals surface area contributed by atoms with Gasteiger partial charge in [0, 0.05) is 35.7 Å². The number of ether oxygens (including phenoxy) is 5. The maximum absolute atomic E-state index is 14.6. The number of hydrogen-bond acceptors (Lipinski definition) is 12. The number of amides is 1. The molecule has 5 heterocycles. The van der Waals surface area contributed by atoms with E-state index in [-0.39, 0.29) is 35.4 Å². The Morgan fingerprint density at radius 3 is 2.23 bits per heavy atom. The fourth-order valence-corrected chi connectivity index (χ4v) is 11.2. The molecule has 62 heavy (non-hydrogen) atoms. The van der Waals surface area contributed by atoms with Crippen molar-refractivity contribution in [3.05, 3.63) is 48.0 Å². The number of hydroxylamine groups is 1. The second kappa shape index (κ2) is 19.2. The molecule has 1 aromatic carbocycles. The number of nitrogens with one attached hydrogen (secondary N) is 1. The first-order valence-corrected chi connectivity index (χ1v) is 23.4. The molecule has 1 unspecified atom stereocenters.